The Morgan fingerprint density at radius 2 is 2.04 bits per heavy atom. The zero-order chi connectivity index (χ0) is 17.5. The van der Waals surface area contributed by atoms with Gasteiger partial charge in [-0.3, -0.25) is 14.9 Å². The van der Waals surface area contributed by atoms with Crippen LogP contribution in [0.15, 0.2) is 41.5 Å². The molecule has 126 valence electrons. The molecule has 0 saturated heterocycles. The van der Waals surface area contributed by atoms with Crippen LogP contribution >= 0.6 is 11.3 Å². The summed E-state index contributed by atoms with van der Waals surface area (Å²) in [5, 5.41) is 17.5. The van der Waals surface area contributed by atoms with Crippen molar-refractivity contribution in [2.75, 3.05) is 12.4 Å². The zero-order valence-electron chi connectivity index (χ0n) is 13.1. The zero-order valence-corrected chi connectivity index (χ0v) is 13.9. The molecule has 0 aliphatic heterocycles. The molecule has 0 fully saturated rings. The SMILES string of the molecule is COc1ccc(N[C@@H](C)C(=O)N/N=C\c2ccc([N+](=O)[O-])s2)cc1. The first-order valence-electron chi connectivity index (χ1n) is 6.97. The van der Waals surface area contributed by atoms with Gasteiger partial charge in [-0.15, -0.1) is 0 Å². The van der Waals surface area contributed by atoms with Gasteiger partial charge in [-0.05, 0) is 37.3 Å². The molecule has 8 nitrogen and oxygen atoms in total. The van der Waals surface area contributed by atoms with Crippen LogP contribution in [0.5, 0.6) is 5.75 Å². The van der Waals surface area contributed by atoms with Crippen LogP contribution < -0.4 is 15.5 Å². The highest BCUT2D eigenvalue weighted by Gasteiger charge is 2.12. The predicted molar refractivity (Wildman–Crippen MR) is 92.8 cm³/mol. The third-order valence-corrected chi connectivity index (χ3v) is 4.00. The monoisotopic (exact) mass is 348 g/mol. The summed E-state index contributed by atoms with van der Waals surface area (Å²) in [4.78, 5) is 22.7. The third-order valence-electron chi connectivity index (χ3n) is 3.03. The van der Waals surface area contributed by atoms with Crippen molar-refractivity contribution in [3.05, 3.63) is 51.4 Å². The summed E-state index contributed by atoms with van der Waals surface area (Å²) in [5.41, 5.74) is 3.17. The lowest BCUT2D eigenvalue weighted by Crippen LogP contribution is -2.34. The average molecular weight is 348 g/mol. The van der Waals surface area contributed by atoms with Gasteiger partial charge in [0.25, 0.3) is 5.91 Å². The van der Waals surface area contributed by atoms with Gasteiger partial charge in [-0.1, -0.05) is 11.3 Å². The van der Waals surface area contributed by atoms with Crippen molar-refractivity contribution in [1.29, 1.82) is 0 Å². The number of nitro groups is 1. The summed E-state index contributed by atoms with van der Waals surface area (Å²) >= 11 is 0.980. The van der Waals surface area contributed by atoms with Gasteiger partial charge < -0.3 is 10.1 Å². The summed E-state index contributed by atoms with van der Waals surface area (Å²) in [6.45, 7) is 1.70. The topological polar surface area (TPSA) is 106 Å². The molecule has 0 bridgehead atoms. The van der Waals surface area contributed by atoms with Gasteiger partial charge in [0.15, 0.2) is 0 Å². The van der Waals surface area contributed by atoms with E-state index in [1.807, 2.05) is 0 Å². The fourth-order valence-corrected chi connectivity index (χ4v) is 2.46. The van der Waals surface area contributed by atoms with Crippen LogP contribution in [0.25, 0.3) is 0 Å². The second-order valence-electron chi connectivity index (χ2n) is 4.76. The summed E-state index contributed by atoms with van der Waals surface area (Å²) in [6, 6.07) is 9.63. The quantitative estimate of drug-likeness (QED) is 0.454. The lowest BCUT2D eigenvalue weighted by Gasteiger charge is -2.13. The van der Waals surface area contributed by atoms with Crippen LogP contribution in [0.2, 0.25) is 0 Å². The Kier molecular flexibility index (Phi) is 5.85. The number of benzene rings is 1. The predicted octanol–water partition coefficient (Wildman–Crippen LogP) is 2.62. The van der Waals surface area contributed by atoms with Crippen LogP contribution in [-0.4, -0.2) is 30.2 Å². The van der Waals surface area contributed by atoms with Gasteiger partial charge >= 0.3 is 5.00 Å². The van der Waals surface area contributed by atoms with Gasteiger partial charge in [-0.2, -0.15) is 5.10 Å². The fraction of sp³-hybridized carbons (Fsp3) is 0.200. The largest absolute Gasteiger partial charge is 0.497 e. The molecule has 0 unspecified atom stereocenters. The molecular formula is C15H16N4O4S. The molecule has 1 heterocycles. The lowest BCUT2D eigenvalue weighted by atomic mass is 10.2. The number of anilines is 1. The van der Waals surface area contributed by atoms with E-state index in [1.165, 1.54) is 12.3 Å². The van der Waals surface area contributed by atoms with Crippen LogP contribution in [0.4, 0.5) is 10.7 Å². The molecule has 1 aromatic heterocycles. The number of carbonyl (C=O) groups excluding carboxylic acids is 1. The molecule has 0 aliphatic carbocycles. The van der Waals surface area contributed by atoms with Crippen LogP contribution in [-0.2, 0) is 4.79 Å². The van der Waals surface area contributed by atoms with E-state index in [2.05, 4.69) is 15.8 Å². The molecule has 2 aromatic rings. The Bertz CT molecular complexity index is 742. The van der Waals surface area contributed by atoms with Gasteiger partial charge in [0.2, 0.25) is 0 Å². The highest BCUT2D eigenvalue weighted by Crippen LogP contribution is 2.22. The van der Waals surface area contributed by atoms with Crippen LogP contribution in [0.1, 0.15) is 11.8 Å². The molecule has 9 heteroatoms. The highest BCUT2D eigenvalue weighted by atomic mass is 32.1. The molecule has 0 radical (unpaired) electrons. The Morgan fingerprint density at radius 1 is 1.33 bits per heavy atom. The molecule has 1 amide bonds. The molecule has 2 N–H and O–H groups in total. The Morgan fingerprint density at radius 3 is 2.62 bits per heavy atom. The van der Waals surface area contributed by atoms with Crippen molar-refractivity contribution < 1.29 is 14.5 Å². The van der Waals surface area contributed by atoms with Gasteiger partial charge in [0, 0.05) is 11.8 Å². The van der Waals surface area contributed by atoms with Gasteiger partial charge in [0.1, 0.15) is 11.8 Å². The van der Waals surface area contributed by atoms with Crippen LogP contribution in [0, 0.1) is 10.1 Å². The Hall–Kier alpha value is -2.94. The maximum Gasteiger partial charge on any atom is 0.324 e. The minimum absolute atomic E-state index is 0.0253. The maximum atomic E-state index is 12.0. The number of amides is 1. The summed E-state index contributed by atoms with van der Waals surface area (Å²) in [5.74, 6) is 0.403. The first-order chi connectivity index (χ1) is 11.5. The summed E-state index contributed by atoms with van der Waals surface area (Å²) in [7, 11) is 1.58. The van der Waals surface area contributed by atoms with E-state index < -0.39 is 11.0 Å². The summed E-state index contributed by atoms with van der Waals surface area (Å²) < 4.78 is 5.07. The first-order valence-corrected chi connectivity index (χ1v) is 7.79. The van der Waals surface area contributed by atoms with Crippen molar-refractivity contribution in [2.24, 2.45) is 5.10 Å². The Labute approximate surface area is 142 Å². The van der Waals surface area contributed by atoms with E-state index >= 15 is 0 Å². The minimum Gasteiger partial charge on any atom is -0.497 e. The van der Waals surface area contributed by atoms with Gasteiger partial charge in [0.05, 0.1) is 23.1 Å². The van der Waals surface area contributed by atoms with Crippen molar-refractivity contribution >= 4 is 34.1 Å². The van der Waals surface area contributed by atoms with Gasteiger partial charge in [-0.25, -0.2) is 5.43 Å². The standard InChI is InChI=1S/C15H16N4O4S/c1-10(17-11-3-5-12(23-2)6-4-11)15(20)18-16-9-13-7-8-14(24-13)19(21)22/h3-10,17H,1-2H3,(H,18,20)/b16-9-/t10-/m0/s1. The number of carbonyl (C=O) groups is 1. The maximum absolute atomic E-state index is 12.0. The van der Waals surface area contributed by atoms with Crippen molar-refractivity contribution in [1.82, 2.24) is 5.43 Å². The number of methoxy groups -OCH3 is 1. The second kappa shape index (κ2) is 8.06. The molecule has 2 rings (SSSR count). The molecule has 1 aromatic carbocycles. The number of hydrogen-bond acceptors (Lipinski definition) is 7. The number of nitrogens with one attached hydrogen (secondary N) is 2. The number of thiophene rings is 1. The molecule has 0 saturated carbocycles. The minimum atomic E-state index is -0.506. The highest BCUT2D eigenvalue weighted by molar-refractivity contribution is 7.16. The number of hydrogen-bond donors (Lipinski definition) is 2. The number of ether oxygens (including phenoxy) is 1. The van der Waals surface area contributed by atoms with E-state index in [9.17, 15) is 14.9 Å². The van der Waals surface area contributed by atoms with E-state index in [0.29, 0.717) is 4.88 Å². The third kappa shape index (κ3) is 4.78. The molecule has 0 aliphatic rings. The van der Waals surface area contributed by atoms with Crippen molar-refractivity contribution in [3.63, 3.8) is 0 Å². The number of hydrazone groups is 1. The van der Waals surface area contributed by atoms with Crippen LogP contribution in [0.3, 0.4) is 0 Å². The first kappa shape index (κ1) is 17.4. The fourth-order valence-electron chi connectivity index (χ4n) is 1.77. The van der Waals surface area contributed by atoms with E-state index in [4.69, 9.17) is 4.74 Å². The average Bonchev–Trinajstić information content (AvgIpc) is 3.04. The number of rotatable bonds is 7. The normalized spacial score (nSPS) is 11.9. The molecular weight excluding hydrogens is 332 g/mol. The summed E-state index contributed by atoms with van der Waals surface area (Å²) in [6.07, 6.45) is 1.37. The molecule has 0 spiro atoms. The lowest BCUT2D eigenvalue weighted by molar-refractivity contribution is -0.380. The van der Waals surface area contributed by atoms with E-state index in [0.717, 1.165) is 22.8 Å². The van der Waals surface area contributed by atoms with Crippen molar-refractivity contribution in [2.45, 2.75) is 13.0 Å². The van der Waals surface area contributed by atoms with E-state index in [-0.39, 0.29) is 10.9 Å². The Balaban J connectivity index is 1.86. The van der Waals surface area contributed by atoms with E-state index in [1.54, 1.807) is 44.4 Å². The molecule has 24 heavy (non-hydrogen) atoms. The van der Waals surface area contributed by atoms with Crippen molar-refractivity contribution in [3.8, 4) is 5.75 Å². The second-order valence-corrected chi connectivity index (χ2v) is 5.86. The smallest absolute Gasteiger partial charge is 0.324 e. The number of nitrogens with zero attached hydrogens (tertiary/aromatic N) is 2. The molecule has 1 atom stereocenters.